The molecule has 2 rings (SSSR count). The number of nitrogens with zero attached hydrogens (tertiary/aromatic N) is 2. The molecule has 0 atom stereocenters. The summed E-state index contributed by atoms with van der Waals surface area (Å²) in [6.45, 7) is 0. The molecule has 106 valence electrons. The van der Waals surface area contributed by atoms with E-state index in [0.717, 1.165) is 11.3 Å². The van der Waals surface area contributed by atoms with Gasteiger partial charge in [0, 0.05) is 0 Å². The fourth-order valence-electron chi connectivity index (χ4n) is 1.38. The Morgan fingerprint density at radius 2 is 2.10 bits per heavy atom. The van der Waals surface area contributed by atoms with Gasteiger partial charge in [-0.15, -0.1) is 11.3 Å². The number of halogens is 2. The minimum atomic E-state index is -0.426. The predicted molar refractivity (Wildman–Crippen MR) is 77.4 cm³/mol. The molecule has 0 aliphatic rings. The average molecular weight is 334 g/mol. The molecule has 0 aromatic carbocycles. The fourth-order valence-corrected chi connectivity index (χ4v) is 2.83. The van der Waals surface area contributed by atoms with E-state index in [-0.39, 0.29) is 17.5 Å². The molecule has 2 aromatic rings. The molecule has 0 unspecified atom stereocenters. The molecule has 0 spiro atoms. The summed E-state index contributed by atoms with van der Waals surface area (Å²) in [6.07, 6.45) is 1.38. The quantitative estimate of drug-likeness (QED) is 0.930. The topological polar surface area (TPSA) is 73.3 Å². The van der Waals surface area contributed by atoms with E-state index in [4.69, 9.17) is 32.7 Å². The lowest BCUT2D eigenvalue weighted by Crippen LogP contribution is -2.13. The Morgan fingerprint density at radius 3 is 2.65 bits per heavy atom. The number of rotatable bonds is 4. The number of hydrogen-bond acceptors (Lipinski definition) is 6. The number of hydrogen-bond donors (Lipinski definition) is 1. The largest absolute Gasteiger partial charge is 0.479 e. The van der Waals surface area contributed by atoms with Crippen LogP contribution in [0.3, 0.4) is 0 Å². The van der Waals surface area contributed by atoms with E-state index in [2.05, 4.69) is 15.3 Å². The number of nitrogens with one attached hydrogen (secondary N) is 1. The molecule has 9 heteroatoms. The molecule has 0 saturated carbocycles. The van der Waals surface area contributed by atoms with E-state index in [1.807, 2.05) is 0 Å². The third kappa shape index (κ3) is 3.12. The van der Waals surface area contributed by atoms with Crippen LogP contribution in [-0.2, 0) is 0 Å². The summed E-state index contributed by atoms with van der Waals surface area (Å²) in [6, 6.07) is 1.62. The number of carbonyl (C=O) groups excluding carboxylic acids is 1. The highest BCUT2D eigenvalue weighted by Crippen LogP contribution is 2.32. The van der Waals surface area contributed by atoms with Crippen molar-refractivity contribution in [1.82, 2.24) is 9.97 Å². The molecule has 1 N–H and O–H groups in total. The highest BCUT2D eigenvalue weighted by molar-refractivity contribution is 7.20. The van der Waals surface area contributed by atoms with Crippen LogP contribution in [0.4, 0.5) is 5.69 Å². The van der Waals surface area contributed by atoms with Crippen LogP contribution in [0, 0.1) is 0 Å². The number of thiophene rings is 1. The van der Waals surface area contributed by atoms with Gasteiger partial charge in [-0.1, -0.05) is 23.2 Å². The zero-order valence-electron chi connectivity index (χ0n) is 10.4. The van der Waals surface area contributed by atoms with Crippen LogP contribution in [0.2, 0.25) is 8.67 Å². The predicted octanol–water partition coefficient (Wildman–Crippen LogP) is 3.11. The van der Waals surface area contributed by atoms with Gasteiger partial charge in [-0.2, -0.15) is 4.98 Å². The van der Waals surface area contributed by atoms with Crippen molar-refractivity contribution in [1.29, 1.82) is 0 Å². The molecule has 6 nitrogen and oxygen atoms in total. The van der Waals surface area contributed by atoms with E-state index in [0.29, 0.717) is 14.4 Å². The lowest BCUT2D eigenvalue weighted by atomic mass is 10.3. The Kier molecular flexibility index (Phi) is 4.64. The maximum Gasteiger partial charge on any atom is 0.319 e. The van der Waals surface area contributed by atoms with Crippen LogP contribution < -0.4 is 14.8 Å². The fraction of sp³-hybridized carbons (Fsp3) is 0.182. The Labute approximate surface area is 128 Å². The lowest BCUT2D eigenvalue weighted by Gasteiger charge is -2.09. The Hall–Kier alpha value is -1.57. The summed E-state index contributed by atoms with van der Waals surface area (Å²) in [4.78, 5) is 19.9. The minimum Gasteiger partial charge on any atom is -0.479 e. The number of methoxy groups -OCH3 is 2. The molecular weight excluding hydrogens is 325 g/mol. The second kappa shape index (κ2) is 6.25. The number of amides is 1. The molecular formula is C11H9Cl2N3O3S. The molecule has 0 saturated heterocycles. The minimum absolute atomic E-state index is 0.136. The SMILES string of the molecule is COc1ncc(NC(=O)c2cc(Cl)sc2Cl)c(OC)n1. The maximum atomic E-state index is 12.1. The third-order valence-corrected chi connectivity index (χ3v) is 3.74. The summed E-state index contributed by atoms with van der Waals surface area (Å²) in [5.74, 6) is -0.243. The van der Waals surface area contributed by atoms with Gasteiger partial charge in [-0.25, -0.2) is 4.98 Å². The summed E-state index contributed by atoms with van der Waals surface area (Å²) in [5, 5.41) is 2.60. The van der Waals surface area contributed by atoms with Crippen molar-refractivity contribution in [2.24, 2.45) is 0 Å². The van der Waals surface area contributed by atoms with E-state index < -0.39 is 5.91 Å². The molecule has 0 fully saturated rings. The van der Waals surface area contributed by atoms with Gasteiger partial charge in [0.1, 0.15) is 10.0 Å². The van der Waals surface area contributed by atoms with Gasteiger partial charge >= 0.3 is 6.01 Å². The second-order valence-electron chi connectivity index (χ2n) is 3.47. The molecule has 1 amide bonds. The number of anilines is 1. The van der Waals surface area contributed by atoms with Gasteiger partial charge in [0.15, 0.2) is 0 Å². The van der Waals surface area contributed by atoms with Crippen molar-refractivity contribution in [2.75, 3.05) is 19.5 Å². The highest BCUT2D eigenvalue weighted by Gasteiger charge is 2.17. The molecule has 20 heavy (non-hydrogen) atoms. The van der Waals surface area contributed by atoms with Gasteiger partial charge < -0.3 is 14.8 Å². The molecule has 2 heterocycles. The van der Waals surface area contributed by atoms with E-state index in [1.165, 1.54) is 26.5 Å². The highest BCUT2D eigenvalue weighted by atomic mass is 35.5. The van der Waals surface area contributed by atoms with Crippen molar-refractivity contribution < 1.29 is 14.3 Å². The van der Waals surface area contributed by atoms with Gasteiger partial charge in [0.05, 0.1) is 30.3 Å². The van der Waals surface area contributed by atoms with Crippen molar-refractivity contribution in [3.05, 3.63) is 26.5 Å². The van der Waals surface area contributed by atoms with Crippen molar-refractivity contribution >= 4 is 46.1 Å². The summed E-state index contributed by atoms with van der Waals surface area (Å²) < 4.78 is 10.7. The number of ether oxygens (including phenoxy) is 2. The monoisotopic (exact) mass is 333 g/mol. The second-order valence-corrected chi connectivity index (χ2v) is 5.76. The van der Waals surface area contributed by atoms with Crippen LogP contribution in [-0.4, -0.2) is 30.1 Å². The molecule has 2 aromatic heterocycles. The summed E-state index contributed by atoms with van der Waals surface area (Å²) in [5.41, 5.74) is 0.580. The van der Waals surface area contributed by atoms with Crippen molar-refractivity contribution in [3.8, 4) is 11.9 Å². The standard InChI is InChI=1S/C11H9Cl2N3O3S/c1-18-10-6(4-14-11(16-10)19-2)15-9(17)5-3-7(12)20-8(5)13/h3-4H,1-2H3,(H,15,17). The van der Waals surface area contributed by atoms with Gasteiger partial charge in [-0.3, -0.25) is 4.79 Å². The van der Waals surface area contributed by atoms with E-state index in [1.54, 1.807) is 0 Å². The van der Waals surface area contributed by atoms with Crippen molar-refractivity contribution in [3.63, 3.8) is 0 Å². The zero-order valence-corrected chi connectivity index (χ0v) is 12.8. The molecule has 0 bridgehead atoms. The van der Waals surface area contributed by atoms with Crippen LogP contribution in [0.15, 0.2) is 12.3 Å². The number of aromatic nitrogens is 2. The maximum absolute atomic E-state index is 12.1. The Balaban J connectivity index is 2.25. The van der Waals surface area contributed by atoms with Crippen LogP contribution in [0.5, 0.6) is 11.9 Å². The first kappa shape index (κ1) is 14.8. The Morgan fingerprint density at radius 1 is 1.35 bits per heavy atom. The lowest BCUT2D eigenvalue weighted by molar-refractivity contribution is 0.102. The zero-order chi connectivity index (χ0) is 14.7. The molecule has 0 aliphatic heterocycles. The Bertz CT molecular complexity index is 648. The van der Waals surface area contributed by atoms with E-state index >= 15 is 0 Å². The molecule has 0 radical (unpaired) electrons. The molecule has 0 aliphatic carbocycles. The number of carbonyl (C=O) groups is 1. The van der Waals surface area contributed by atoms with Crippen LogP contribution in [0.25, 0.3) is 0 Å². The van der Waals surface area contributed by atoms with Gasteiger partial charge in [0.25, 0.3) is 5.91 Å². The first-order valence-corrected chi connectivity index (χ1v) is 6.83. The van der Waals surface area contributed by atoms with Crippen LogP contribution >= 0.6 is 34.5 Å². The normalized spacial score (nSPS) is 10.2. The van der Waals surface area contributed by atoms with Crippen LogP contribution in [0.1, 0.15) is 10.4 Å². The third-order valence-electron chi connectivity index (χ3n) is 2.26. The smallest absolute Gasteiger partial charge is 0.319 e. The van der Waals surface area contributed by atoms with Gasteiger partial charge in [0.2, 0.25) is 5.88 Å². The first-order chi connectivity index (χ1) is 9.55. The summed E-state index contributed by atoms with van der Waals surface area (Å²) in [7, 11) is 2.85. The van der Waals surface area contributed by atoms with Crippen molar-refractivity contribution in [2.45, 2.75) is 0 Å². The summed E-state index contributed by atoms with van der Waals surface area (Å²) >= 11 is 12.8. The van der Waals surface area contributed by atoms with E-state index in [9.17, 15) is 4.79 Å². The first-order valence-electron chi connectivity index (χ1n) is 5.26. The van der Waals surface area contributed by atoms with Gasteiger partial charge in [-0.05, 0) is 6.07 Å². The average Bonchev–Trinajstić information content (AvgIpc) is 2.78.